The molecule has 0 N–H and O–H groups in total. The van der Waals surface area contributed by atoms with Gasteiger partial charge in [0.1, 0.15) is 0 Å². The summed E-state index contributed by atoms with van der Waals surface area (Å²) in [6.45, 7) is 4.25. The topological polar surface area (TPSA) is 12.4 Å². The van der Waals surface area contributed by atoms with E-state index < -0.39 is 0 Å². The van der Waals surface area contributed by atoms with Crippen LogP contribution in [0, 0.1) is 12.8 Å². The molecule has 0 bridgehead atoms. The summed E-state index contributed by atoms with van der Waals surface area (Å²) in [5, 5.41) is 0. The third-order valence-corrected chi connectivity index (χ3v) is 2.61. The van der Waals surface area contributed by atoms with Crippen LogP contribution in [-0.4, -0.2) is 5.71 Å². The van der Waals surface area contributed by atoms with E-state index in [1.807, 2.05) is 18.2 Å². The molecule has 1 aromatic rings. The lowest BCUT2D eigenvalue weighted by Crippen LogP contribution is -2.07. The first-order valence-electron chi connectivity index (χ1n) is 5.26. The maximum atomic E-state index is 4.68. The third kappa shape index (κ3) is 2.24. The fourth-order valence-electron chi connectivity index (χ4n) is 1.60. The average molecular weight is 197 g/mol. The largest absolute Gasteiger partial charge is 0.253 e. The summed E-state index contributed by atoms with van der Waals surface area (Å²) < 4.78 is 0. The Bertz CT molecular complexity index is 438. The lowest BCUT2D eigenvalue weighted by molar-refractivity contribution is 0.995. The molecule has 0 amide bonds. The van der Waals surface area contributed by atoms with E-state index in [9.17, 15) is 0 Å². The van der Waals surface area contributed by atoms with Crippen LogP contribution in [0.4, 0.5) is 5.69 Å². The lowest BCUT2D eigenvalue weighted by Gasteiger charge is -2.10. The van der Waals surface area contributed by atoms with E-state index in [2.05, 4.69) is 49.2 Å². The minimum absolute atomic E-state index is 0.412. The zero-order valence-electron chi connectivity index (χ0n) is 9.14. The van der Waals surface area contributed by atoms with Gasteiger partial charge >= 0.3 is 0 Å². The summed E-state index contributed by atoms with van der Waals surface area (Å²) in [5.41, 5.74) is 3.42. The average Bonchev–Trinajstić information content (AvgIpc) is 2.24. The molecule has 15 heavy (non-hydrogen) atoms. The Morgan fingerprint density at radius 2 is 1.93 bits per heavy atom. The van der Waals surface area contributed by atoms with Gasteiger partial charge in [0, 0.05) is 11.6 Å². The predicted molar refractivity (Wildman–Crippen MR) is 65.7 cm³/mol. The minimum atomic E-state index is 0.412. The van der Waals surface area contributed by atoms with Crippen LogP contribution < -0.4 is 0 Å². The van der Waals surface area contributed by atoms with E-state index in [0.717, 1.165) is 11.4 Å². The van der Waals surface area contributed by atoms with Gasteiger partial charge in [-0.15, -0.1) is 0 Å². The van der Waals surface area contributed by atoms with Crippen LogP contribution in [0.5, 0.6) is 0 Å². The molecular weight excluding hydrogens is 182 g/mol. The first kappa shape index (κ1) is 9.91. The first-order chi connectivity index (χ1) is 7.27. The van der Waals surface area contributed by atoms with Crippen LogP contribution in [-0.2, 0) is 0 Å². The second-order valence-corrected chi connectivity index (χ2v) is 3.86. The molecule has 2 rings (SSSR count). The Balaban J connectivity index is 2.34. The number of aryl methyl sites for hydroxylation is 1. The van der Waals surface area contributed by atoms with Crippen molar-refractivity contribution >= 4 is 11.4 Å². The van der Waals surface area contributed by atoms with Crippen molar-refractivity contribution in [3.8, 4) is 0 Å². The molecule has 0 aromatic heterocycles. The van der Waals surface area contributed by atoms with Gasteiger partial charge in [-0.25, -0.2) is 0 Å². The van der Waals surface area contributed by atoms with Crippen LogP contribution in [0.3, 0.4) is 0 Å². The maximum absolute atomic E-state index is 4.68. The molecule has 1 aromatic carbocycles. The molecule has 1 heteroatoms. The molecule has 1 nitrogen and oxygen atoms in total. The summed E-state index contributed by atoms with van der Waals surface area (Å²) >= 11 is 0. The molecule has 1 unspecified atom stereocenters. The molecule has 0 saturated heterocycles. The zero-order chi connectivity index (χ0) is 10.7. The van der Waals surface area contributed by atoms with Crippen molar-refractivity contribution in [2.24, 2.45) is 10.9 Å². The van der Waals surface area contributed by atoms with Crippen molar-refractivity contribution in [2.45, 2.75) is 13.8 Å². The number of aliphatic imine (C=N–C) groups is 1. The van der Waals surface area contributed by atoms with Gasteiger partial charge < -0.3 is 0 Å². The van der Waals surface area contributed by atoms with E-state index in [0.29, 0.717) is 5.92 Å². The fraction of sp³-hybridized carbons (Fsp3) is 0.214. The molecule has 1 atom stereocenters. The standard InChI is InChI=1S/C14H15N/c1-11-7-3-5-9-13(11)15-14-10-6-4-8-12(14)2/h3-11H,1-2H3. The second-order valence-electron chi connectivity index (χ2n) is 3.86. The summed E-state index contributed by atoms with van der Waals surface area (Å²) in [4.78, 5) is 4.68. The molecule has 0 spiro atoms. The van der Waals surface area contributed by atoms with Crippen molar-refractivity contribution in [2.75, 3.05) is 0 Å². The van der Waals surface area contributed by atoms with Crippen LogP contribution in [0.1, 0.15) is 12.5 Å². The summed E-state index contributed by atoms with van der Waals surface area (Å²) in [6, 6.07) is 8.21. The van der Waals surface area contributed by atoms with Crippen molar-refractivity contribution in [1.82, 2.24) is 0 Å². The van der Waals surface area contributed by atoms with Gasteiger partial charge in [0.15, 0.2) is 0 Å². The van der Waals surface area contributed by atoms with E-state index in [1.54, 1.807) is 0 Å². The Morgan fingerprint density at radius 1 is 1.13 bits per heavy atom. The molecule has 0 saturated carbocycles. The number of hydrogen-bond acceptors (Lipinski definition) is 1. The lowest BCUT2D eigenvalue weighted by atomic mass is 10.0. The van der Waals surface area contributed by atoms with Gasteiger partial charge in [-0.3, -0.25) is 4.99 Å². The van der Waals surface area contributed by atoms with Crippen LogP contribution in [0.25, 0.3) is 0 Å². The predicted octanol–water partition coefficient (Wildman–Crippen LogP) is 3.83. The van der Waals surface area contributed by atoms with E-state index in [4.69, 9.17) is 0 Å². The van der Waals surface area contributed by atoms with Gasteiger partial charge in [0.2, 0.25) is 0 Å². The number of allylic oxidation sites excluding steroid dienone is 4. The van der Waals surface area contributed by atoms with E-state index in [1.165, 1.54) is 5.56 Å². The Morgan fingerprint density at radius 3 is 2.67 bits per heavy atom. The summed E-state index contributed by atoms with van der Waals surface area (Å²) in [7, 11) is 0. The first-order valence-corrected chi connectivity index (χ1v) is 5.26. The van der Waals surface area contributed by atoms with Crippen molar-refractivity contribution < 1.29 is 0 Å². The molecule has 0 heterocycles. The van der Waals surface area contributed by atoms with Crippen LogP contribution >= 0.6 is 0 Å². The Hall–Kier alpha value is -1.63. The van der Waals surface area contributed by atoms with Gasteiger partial charge in [-0.05, 0) is 24.6 Å². The Labute approximate surface area is 90.9 Å². The summed E-state index contributed by atoms with van der Waals surface area (Å²) in [5.74, 6) is 0.412. The number of nitrogens with zero attached hydrogens (tertiary/aromatic N) is 1. The molecule has 0 fully saturated rings. The zero-order valence-corrected chi connectivity index (χ0v) is 9.14. The minimum Gasteiger partial charge on any atom is -0.253 e. The van der Waals surface area contributed by atoms with Gasteiger partial charge in [-0.1, -0.05) is 43.4 Å². The third-order valence-electron chi connectivity index (χ3n) is 2.61. The monoisotopic (exact) mass is 197 g/mol. The highest BCUT2D eigenvalue weighted by Gasteiger charge is 2.07. The smallest absolute Gasteiger partial charge is 0.0662 e. The molecule has 76 valence electrons. The number of rotatable bonds is 1. The Kier molecular flexibility index (Phi) is 2.82. The highest BCUT2D eigenvalue weighted by molar-refractivity contribution is 6.00. The van der Waals surface area contributed by atoms with E-state index >= 15 is 0 Å². The van der Waals surface area contributed by atoms with Crippen molar-refractivity contribution in [3.05, 3.63) is 54.1 Å². The van der Waals surface area contributed by atoms with Crippen LogP contribution in [0.15, 0.2) is 53.6 Å². The number of benzene rings is 1. The molecular formula is C14H15N. The van der Waals surface area contributed by atoms with Gasteiger partial charge in [0.25, 0.3) is 0 Å². The quantitative estimate of drug-likeness (QED) is 0.648. The molecule has 0 aliphatic heterocycles. The maximum Gasteiger partial charge on any atom is 0.0662 e. The second kappa shape index (κ2) is 4.26. The van der Waals surface area contributed by atoms with Crippen LogP contribution in [0.2, 0.25) is 0 Å². The molecule has 1 aliphatic rings. The summed E-state index contributed by atoms with van der Waals surface area (Å²) in [6.07, 6.45) is 8.35. The molecule has 0 radical (unpaired) electrons. The van der Waals surface area contributed by atoms with Crippen molar-refractivity contribution in [1.29, 1.82) is 0 Å². The SMILES string of the molecule is Cc1ccccc1N=C1C=CC=CC1C. The van der Waals surface area contributed by atoms with Gasteiger partial charge in [0.05, 0.1) is 5.69 Å². The normalized spacial score (nSPS) is 22.3. The highest BCUT2D eigenvalue weighted by Crippen LogP contribution is 2.20. The number of para-hydroxylation sites is 1. The highest BCUT2D eigenvalue weighted by atomic mass is 14.8. The molecule has 1 aliphatic carbocycles. The van der Waals surface area contributed by atoms with Crippen molar-refractivity contribution in [3.63, 3.8) is 0 Å². The van der Waals surface area contributed by atoms with Gasteiger partial charge in [-0.2, -0.15) is 0 Å². The van der Waals surface area contributed by atoms with E-state index in [-0.39, 0.29) is 0 Å². The number of hydrogen-bond donors (Lipinski definition) is 0. The fourth-order valence-corrected chi connectivity index (χ4v) is 1.60.